The van der Waals surface area contributed by atoms with Crippen LogP contribution in [0.25, 0.3) is 0 Å². The van der Waals surface area contributed by atoms with E-state index in [9.17, 15) is 14.0 Å². The average Bonchev–Trinajstić information content (AvgIpc) is 2.92. The van der Waals surface area contributed by atoms with Crippen molar-refractivity contribution in [3.63, 3.8) is 0 Å². The van der Waals surface area contributed by atoms with Crippen LogP contribution < -0.4 is 0 Å². The summed E-state index contributed by atoms with van der Waals surface area (Å²) in [5.41, 5.74) is -0.741. The number of fused-ring (bicyclic) bond motifs is 1. The van der Waals surface area contributed by atoms with Crippen molar-refractivity contribution < 1.29 is 28.2 Å². The number of carbonyl (C=O) groups excluding carboxylic acids is 1. The number of alkyl halides is 1. The van der Waals surface area contributed by atoms with Crippen LogP contribution >= 0.6 is 11.8 Å². The molecule has 7 nitrogen and oxygen atoms in total. The highest BCUT2D eigenvalue weighted by Gasteiger charge is 2.52. The summed E-state index contributed by atoms with van der Waals surface area (Å²) in [4.78, 5) is 28.5. The lowest BCUT2D eigenvalue weighted by atomic mass is 9.98. The molecular weight excluding hydrogens is 379 g/mol. The van der Waals surface area contributed by atoms with Crippen LogP contribution in [0.3, 0.4) is 0 Å². The van der Waals surface area contributed by atoms with E-state index in [4.69, 9.17) is 14.3 Å². The van der Waals surface area contributed by atoms with Crippen LogP contribution in [-0.4, -0.2) is 72.3 Å². The number of amidine groups is 1. The molecule has 1 saturated heterocycles. The highest BCUT2D eigenvalue weighted by molar-refractivity contribution is 8.14. The van der Waals surface area contributed by atoms with Crippen LogP contribution in [0.5, 0.6) is 0 Å². The van der Waals surface area contributed by atoms with E-state index < -0.39 is 50.1 Å². The summed E-state index contributed by atoms with van der Waals surface area (Å²) in [5, 5.41) is 9.12. The largest absolute Gasteiger partial charge is 0.465 e. The molecule has 2 aliphatic rings. The normalized spacial score (nSPS) is 30.6. The minimum atomic E-state index is -2.16. The molecule has 10 heteroatoms. The van der Waals surface area contributed by atoms with Gasteiger partial charge in [0.05, 0.1) is 6.10 Å². The van der Waals surface area contributed by atoms with Crippen LogP contribution in [0.2, 0.25) is 18.1 Å². The summed E-state index contributed by atoms with van der Waals surface area (Å²) in [6.45, 7) is 12.1. The molecule has 148 valence electrons. The Bertz CT molecular complexity index is 624. The zero-order valence-electron chi connectivity index (χ0n) is 16.1. The smallest absolute Gasteiger partial charge is 0.413 e. The van der Waals surface area contributed by atoms with Crippen molar-refractivity contribution in [2.75, 3.05) is 7.05 Å². The number of thioether (sulfide) groups is 1. The van der Waals surface area contributed by atoms with Gasteiger partial charge in [-0.15, -0.1) is 0 Å². The lowest BCUT2D eigenvalue weighted by molar-refractivity contribution is -0.155. The van der Waals surface area contributed by atoms with Gasteiger partial charge < -0.3 is 14.3 Å². The maximum atomic E-state index is 14.7. The Kier molecular flexibility index (Phi) is 5.92. The molecule has 2 heterocycles. The van der Waals surface area contributed by atoms with Gasteiger partial charge in [-0.2, -0.15) is 0 Å². The molecule has 2 rings (SSSR count). The first-order valence-corrected chi connectivity index (χ1v) is 12.3. The minimum Gasteiger partial charge on any atom is -0.465 e. The number of hydrogen-bond donors (Lipinski definition) is 1. The van der Waals surface area contributed by atoms with Gasteiger partial charge in [0.25, 0.3) is 0 Å². The highest BCUT2D eigenvalue weighted by Crippen LogP contribution is 2.41. The summed E-state index contributed by atoms with van der Waals surface area (Å²) >= 11 is 1.02. The molecule has 0 aromatic rings. The van der Waals surface area contributed by atoms with E-state index in [1.54, 1.807) is 6.92 Å². The molecule has 5 atom stereocenters. The number of carbonyl (C=O) groups is 2. The van der Waals surface area contributed by atoms with Crippen molar-refractivity contribution in [1.29, 1.82) is 0 Å². The fraction of sp³-hybridized carbons (Fsp3) is 0.812. The maximum Gasteiger partial charge on any atom is 0.413 e. The molecular formula is C16H27FN2O5SSi. The van der Waals surface area contributed by atoms with Crippen molar-refractivity contribution in [2.45, 2.75) is 75.7 Å². The van der Waals surface area contributed by atoms with Gasteiger partial charge in [0.15, 0.2) is 19.7 Å². The number of nitrogens with zero attached hydrogens (tertiary/aromatic N) is 2. The van der Waals surface area contributed by atoms with Gasteiger partial charge in [-0.1, -0.05) is 32.5 Å². The number of ketones is 1. The quantitative estimate of drug-likeness (QED) is 0.725. The molecule has 0 aromatic heterocycles. The fourth-order valence-corrected chi connectivity index (χ4v) is 5.08. The number of Topliss-reactive ketones (excluding diaryl/α,β-unsaturated/α-hetero) is 1. The summed E-state index contributed by atoms with van der Waals surface area (Å²) in [6, 6.07) is -1.03. The van der Waals surface area contributed by atoms with Gasteiger partial charge in [0.2, 0.25) is 5.78 Å². The van der Waals surface area contributed by atoms with Crippen molar-refractivity contribution in [3.05, 3.63) is 0 Å². The van der Waals surface area contributed by atoms with E-state index in [1.165, 1.54) is 7.05 Å². The second kappa shape index (κ2) is 7.21. The van der Waals surface area contributed by atoms with Crippen molar-refractivity contribution >= 4 is 37.1 Å². The third kappa shape index (κ3) is 3.97. The predicted octanol–water partition coefficient (Wildman–Crippen LogP) is 3.11. The van der Waals surface area contributed by atoms with Gasteiger partial charge in [-0.25, -0.2) is 9.18 Å². The van der Waals surface area contributed by atoms with Gasteiger partial charge in [-0.3, -0.25) is 14.7 Å². The third-order valence-corrected chi connectivity index (χ3v) is 11.0. The van der Waals surface area contributed by atoms with Gasteiger partial charge in [-0.05, 0) is 25.1 Å². The Labute approximate surface area is 158 Å². The Morgan fingerprint density at radius 1 is 1.46 bits per heavy atom. The fourth-order valence-electron chi connectivity index (χ4n) is 2.53. The molecule has 0 radical (unpaired) electrons. The number of ether oxygens (including phenoxy) is 1. The SMILES string of the molecule is C[C@H](O[Si](C)(C)C(C)(C)C)[C@H]1O[C@@H]2SC(N(C)C(=O)O)=N[C@@H]2[C@@H](F)C1=O. The second-order valence-electron chi connectivity index (χ2n) is 8.17. The molecule has 0 spiro atoms. The second-order valence-corrected chi connectivity index (χ2v) is 14.0. The molecule has 0 bridgehead atoms. The number of aliphatic imine (C=N–C) groups is 1. The molecule has 0 aliphatic carbocycles. The van der Waals surface area contributed by atoms with Crippen molar-refractivity contribution in [2.24, 2.45) is 4.99 Å². The molecule has 1 fully saturated rings. The lowest BCUT2D eigenvalue weighted by Gasteiger charge is -2.42. The zero-order valence-corrected chi connectivity index (χ0v) is 18.0. The third-order valence-electron chi connectivity index (χ3n) is 5.18. The minimum absolute atomic E-state index is 0.0563. The van der Waals surface area contributed by atoms with Crippen LogP contribution in [0.4, 0.5) is 9.18 Å². The van der Waals surface area contributed by atoms with Gasteiger partial charge in [0.1, 0.15) is 17.6 Å². The predicted molar refractivity (Wildman–Crippen MR) is 101 cm³/mol. The average molecular weight is 407 g/mol. The number of halogens is 1. The van der Waals surface area contributed by atoms with E-state index in [2.05, 4.69) is 38.9 Å². The molecule has 0 saturated carbocycles. The summed E-state index contributed by atoms with van der Waals surface area (Å²) < 4.78 is 26.7. The Morgan fingerprint density at radius 2 is 2.04 bits per heavy atom. The van der Waals surface area contributed by atoms with Crippen molar-refractivity contribution in [1.82, 2.24) is 4.90 Å². The van der Waals surface area contributed by atoms with E-state index in [-0.39, 0.29) is 10.2 Å². The molecule has 1 amide bonds. The Hall–Kier alpha value is -0.973. The van der Waals surface area contributed by atoms with E-state index in [0.717, 1.165) is 16.7 Å². The van der Waals surface area contributed by atoms with Crippen molar-refractivity contribution in [3.8, 4) is 0 Å². The monoisotopic (exact) mass is 406 g/mol. The van der Waals surface area contributed by atoms with Gasteiger partial charge in [0, 0.05) is 7.05 Å². The van der Waals surface area contributed by atoms with Gasteiger partial charge >= 0.3 is 6.09 Å². The summed E-state index contributed by atoms with van der Waals surface area (Å²) in [5.74, 6) is -0.693. The molecule has 1 N–H and O–H groups in total. The lowest BCUT2D eigenvalue weighted by Crippen LogP contribution is -2.56. The highest BCUT2D eigenvalue weighted by atomic mass is 32.2. The number of rotatable bonds is 3. The number of hydrogen-bond acceptors (Lipinski definition) is 6. The molecule has 0 aromatic carbocycles. The van der Waals surface area contributed by atoms with Crippen LogP contribution in [0.15, 0.2) is 4.99 Å². The first-order chi connectivity index (χ1) is 11.8. The maximum absolute atomic E-state index is 14.7. The summed E-state index contributed by atoms with van der Waals surface area (Å²) in [6.07, 6.45) is -4.67. The van der Waals surface area contributed by atoms with Crippen LogP contribution in [-0.2, 0) is 14.0 Å². The van der Waals surface area contributed by atoms with E-state index >= 15 is 0 Å². The zero-order chi connectivity index (χ0) is 20.0. The topological polar surface area (TPSA) is 88.4 Å². The number of carboxylic acid groups (broad SMARTS) is 1. The first-order valence-electron chi connectivity index (χ1n) is 8.48. The van der Waals surface area contributed by atoms with Crippen LogP contribution in [0.1, 0.15) is 27.7 Å². The molecule has 2 aliphatic heterocycles. The van der Waals surface area contributed by atoms with E-state index in [0.29, 0.717) is 0 Å². The first kappa shape index (κ1) is 21.3. The Balaban J connectivity index is 2.14. The molecule has 0 unspecified atom stereocenters. The molecule has 26 heavy (non-hydrogen) atoms. The van der Waals surface area contributed by atoms with E-state index in [1.807, 2.05) is 0 Å². The number of amides is 1. The Morgan fingerprint density at radius 3 is 2.54 bits per heavy atom. The van der Waals surface area contributed by atoms with Crippen LogP contribution in [0, 0.1) is 0 Å². The standard InChI is InChI=1S/C16H27FN2O5SSi/c1-8(24-26(6,7)16(2,3)4)12-11(20)9(17)10-13(23-12)25-14(18-10)19(5)15(21)22/h8-10,12-13H,1-7H3,(H,21,22)/t8-,9+,10+,12+,13+/m0/s1. The summed E-state index contributed by atoms with van der Waals surface area (Å²) in [7, 11) is -0.839.